The number of likely N-dealkylation sites (N-methyl/N-ethyl adjacent to an activating group) is 1. The van der Waals surface area contributed by atoms with Gasteiger partial charge in [0.05, 0.1) is 30.8 Å². The van der Waals surface area contributed by atoms with Crippen molar-refractivity contribution in [3.05, 3.63) is 36.3 Å². The zero-order valence-corrected chi connectivity index (χ0v) is 19.7. The number of anilines is 4. The molecule has 2 saturated heterocycles. The molecule has 0 spiro atoms. The van der Waals surface area contributed by atoms with Gasteiger partial charge in [-0.05, 0) is 26.1 Å². The summed E-state index contributed by atoms with van der Waals surface area (Å²) in [4.78, 5) is 25.4. The zero-order valence-electron chi connectivity index (χ0n) is 19.7. The summed E-state index contributed by atoms with van der Waals surface area (Å²) >= 11 is 0. The Morgan fingerprint density at radius 3 is 2.47 bits per heavy atom. The third kappa shape index (κ3) is 5.27. The van der Waals surface area contributed by atoms with Gasteiger partial charge in [-0.2, -0.15) is 4.98 Å². The number of allylic oxidation sites excluding steroid dienone is 1. The van der Waals surface area contributed by atoms with Crippen molar-refractivity contribution in [2.45, 2.75) is 12.7 Å². The molecule has 1 atom stereocenters. The van der Waals surface area contributed by atoms with Gasteiger partial charge in [-0.15, -0.1) is 0 Å². The Kier molecular flexibility index (Phi) is 6.31. The summed E-state index contributed by atoms with van der Waals surface area (Å²) in [7, 11) is 2.15. The lowest BCUT2D eigenvalue weighted by molar-refractivity contribution is 0.122. The number of piperazine rings is 1. The van der Waals surface area contributed by atoms with Crippen LogP contribution in [-0.4, -0.2) is 91.4 Å². The molecule has 2 aromatic rings. The summed E-state index contributed by atoms with van der Waals surface area (Å²) in [6.07, 6.45) is 5.42. The van der Waals surface area contributed by atoms with Gasteiger partial charge >= 0.3 is 0 Å². The summed E-state index contributed by atoms with van der Waals surface area (Å²) < 4.78 is 5.51. The minimum Gasteiger partial charge on any atom is -0.378 e. The van der Waals surface area contributed by atoms with Crippen LogP contribution in [0.1, 0.15) is 12.6 Å². The molecule has 0 radical (unpaired) electrons. The molecule has 11 heteroatoms. The second-order valence-electron chi connectivity index (χ2n) is 9.00. The molecule has 34 heavy (non-hydrogen) atoms. The largest absolute Gasteiger partial charge is 0.378 e. The number of hydrogen-bond acceptors (Lipinski definition) is 11. The summed E-state index contributed by atoms with van der Waals surface area (Å²) in [5.74, 6) is 1.51. The van der Waals surface area contributed by atoms with Gasteiger partial charge in [-0.3, -0.25) is 10.7 Å². The Labute approximate surface area is 199 Å². The fraction of sp³-hybridized carbons (Fsp3) is 0.478. The van der Waals surface area contributed by atoms with E-state index in [1.54, 1.807) is 6.21 Å². The van der Waals surface area contributed by atoms with Crippen LogP contribution in [0.15, 0.2) is 35.6 Å². The fourth-order valence-corrected chi connectivity index (χ4v) is 4.05. The number of aromatic nitrogens is 3. The molecule has 5 rings (SSSR count). The molecule has 5 heterocycles. The highest BCUT2D eigenvalue weighted by atomic mass is 16.5. The lowest BCUT2D eigenvalue weighted by Crippen LogP contribution is -2.48. The predicted octanol–water partition coefficient (Wildman–Crippen LogP) is 0.851. The van der Waals surface area contributed by atoms with Gasteiger partial charge in [-0.25, -0.2) is 9.97 Å². The van der Waals surface area contributed by atoms with E-state index in [0.717, 1.165) is 67.9 Å². The molecule has 0 amide bonds. The number of ether oxygens (including phenoxy) is 1. The highest BCUT2D eigenvalue weighted by Gasteiger charge is 2.21. The molecule has 0 bridgehead atoms. The van der Waals surface area contributed by atoms with Crippen molar-refractivity contribution in [3.63, 3.8) is 0 Å². The van der Waals surface area contributed by atoms with Crippen molar-refractivity contribution >= 4 is 35.1 Å². The summed E-state index contributed by atoms with van der Waals surface area (Å²) in [6, 6.07) is 6.04. The number of pyridine rings is 1. The number of rotatable bonds is 5. The van der Waals surface area contributed by atoms with E-state index in [0.29, 0.717) is 19.2 Å². The Morgan fingerprint density at radius 1 is 1.03 bits per heavy atom. The minimum absolute atomic E-state index is 0.503. The van der Waals surface area contributed by atoms with Crippen molar-refractivity contribution in [1.29, 1.82) is 0 Å². The lowest BCUT2D eigenvalue weighted by atomic mass is 10.1. The highest BCUT2D eigenvalue weighted by molar-refractivity contribution is 6.09. The Hall–Kier alpha value is -3.28. The summed E-state index contributed by atoms with van der Waals surface area (Å²) in [5, 5.41) is 6.43. The van der Waals surface area contributed by atoms with Crippen LogP contribution in [0.2, 0.25) is 0 Å². The van der Waals surface area contributed by atoms with Crippen LogP contribution in [0.25, 0.3) is 5.57 Å². The first kappa shape index (κ1) is 22.5. The number of morpholine rings is 1. The van der Waals surface area contributed by atoms with Crippen LogP contribution >= 0.6 is 0 Å². The third-order valence-electron chi connectivity index (χ3n) is 6.17. The summed E-state index contributed by atoms with van der Waals surface area (Å²) in [5.41, 5.74) is 8.47. The minimum atomic E-state index is -0.818. The van der Waals surface area contributed by atoms with Crippen molar-refractivity contribution in [1.82, 2.24) is 25.2 Å². The average Bonchev–Trinajstić information content (AvgIpc) is 2.85. The second kappa shape index (κ2) is 9.53. The van der Waals surface area contributed by atoms with Crippen LogP contribution in [0, 0.1) is 0 Å². The SMILES string of the molecule is CN1CCN(c2ccc(Nc3nc(C4=CNC(C)(N)N=C4)cc(N4CCOCC4)n3)cn2)CC1. The molecule has 11 nitrogen and oxygen atoms in total. The predicted molar refractivity (Wildman–Crippen MR) is 134 cm³/mol. The molecule has 0 aliphatic carbocycles. The Morgan fingerprint density at radius 2 is 1.79 bits per heavy atom. The van der Waals surface area contributed by atoms with E-state index in [1.165, 1.54) is 0 Å². The quantitative estimate of drug-likeness (QED) is 0.587. The van der Waals surface area contributed by atoms with E-state index >= 15 is 0 Å². The maximum Gasteiger partial charge on any atom is 0.229 e. The first-order valence-corrected chi connectivity index (χ1v) is 11.7. The van der Waals surface area contributed by atoms with Crippen molar-refractivity contribution in [2.75, 3.05) is 74.6 Å². The number of nitrogens with zero attached hydrogens (tertiary/aromatic N) is 7. The van der Waals surface area contributed by atoms with E-state index in [1.807, 2.05) is 37.5 Å². The zero-order chi connectivity index (χ0) is 23.5. The maximum absolute atomic E-state index is 6.04. The van der Waals surface area contributed by atoms with Gasteiger partial charge in [0, 0.05) is 63.3 Å². The number of aliphatic imine (C=N–C) groups is 1. The van der Waals surface area contributed by atoms with Gasteiger partial charge < -0.3 is 30.1 Å². The molecule has 4 N–H and O–H groups in total. The molecule has 0 aromatic carbocycles. The van der Waals surface area contributed by atoms with E-state index < -0.39 is 5.79 Å². The highest BCUT2D eigenvalue weighted by Crippen LogP contribution is 2.24. The molecule has 180 valence electrons. The Balaban J connectivity index is 1.38. The third-order valence-corrected chi connectivity index (χ3v) is 6.17. The van der Waals surface area contributed by atoms with Crippen LogP contribution in [-0.2, 0) is 4.74 Å². The van der Waals surface area contributed by atoms with Gasteiger partial charge in [0.25, 0.3) is 0 Å². The molecule has 2 fully saturated rings. The molecular weight excluding hydrogens is 432 g/mol. The molecule has 2 aromatic heterocycles. The van der Waals surface area contributed by atoms with Gasteiger partial charge in [0.2, 0.25) is 5.95 Å². The number of hydrogen-bond donors (Lipinski definition) is 3. The van der Waals surface area contributed by atoms with E-state index in [4.69, 9.17) is 20.4 Å². The topological polar surface area (TPSA) is 120 Å². The second-order valence-corrected chi connectivity index (χ2v) is 9.00. The molecule has 3 aliphatic heterocycles. The maximum atomic E-state index is 6.04. The van der Waals surface area contributed by atoms with E-state index in [2.05, 4.69) is 42.4 Å². The van der Waals surface area contributed by atoms with Crippen LogP contribution < -0.4 is 26.2 Å². The van der Waals surface area contributed by atoms with Crippen LogP contribution in [0.5, 0.6) is 0 Å². The van der Waals surface area contributed by atoms with Gasteiger partial charge in [0.15, 0.2) is 5.79 Å². The van der Waals surface area contributed by atoms with Crippen LogP contribution in [0.3, 0.4) is 0 Å². The number of nitrogens with two attached hydrogens (primary N) is 1. The van der Waals surface area contributed by atoms with Crippen molar-refractivity contribution < 1.29 is 4.74 Å². The smallest absolute Gasteiger partial charge is 0.229 e. The van der Waals surface area contributed by atoms with E-state index in [9.17, 15) is 0 Å². The first-order valence-electron chi connectivity index (χ1n) is 11.7. The molecular formula is C23H32N10O. The number of nitrogens with one attached hydrogen (secondary N) is 2. The van der Waals surface area contributed by atoms with Crippen molar-refractivity contribution in [2.24, 2.45) is 10.7 Å². The molecule has 3 aliphatic rings. The van der Waals surface area contributed by atoms with Crippen LogP contribution in [0.4, 0.5) is 23.3 Å². The average molecular weight is 465 g/mol. The standard InChI is InChI=1S/C23H32N10O/c1-23(24)26-14-17(15-27-23)19-13-21(33-9-11-34-12-10-33)30-22(29-19)28-18-3-4-20(25-16-18)32-7-5-31(2)6-8-32/h3-4,13-16,26H,5-12,24H2,1-2H3,(H,28,29,30). The lowest BCUT2D eigenvalue weighted by Gasteiger charge is -2.33. The Bertz CT molecular complexity index is 1050. The normalized spacial score (nSPS) is 23.4. The van der Waals surface area contributed by atoms with Crippen molar-refractivity contribution in [3.8, 4) is 0 Å². The van der Waals surface area contributed by atoms with Gasteiger partial charge in [0.1, 0.15) is 11.6 Å². The molecule has 0 saturated carbocycles. The summed E-state index contributed by atoms with van der Waals surface area (Å²) in [6.45, 7) is 8.78. The van der Waals surface area contributed by atoms with E-state index in [-0.39, 0.29) is 0 Å². The van der Waals surface area contributed by atoms with Gasteiger partial charge in [-0.1, -0.05) is 0 Å². The monoisotopic (exact) mass is 464 g/mol. The first-order chi connectivity index (χ1) is 16.4. The molecule has 1 unspecified atom stereocenters. The fourth-order valence-electron chi connectivity index (χ4n) is 4.05.